The van der Waals surface area contributed by atoms with Gasteiger partial charge in [0.2, 0.25) is 0 Å². The van der Waals surface area contributed by atoms with Crippen molar-refractivity contribution in [3.05, 3.63) is 52.5 Å². The summed E-state index contributed by atoms with van der Waals surface area (Å²) in [5.74, 6) is -1.17. The number of nitrogens with zero attached hydrogens (tertiary/aromatic N) is 2. The van der Waals surface area contributed by atoms with Crippen LogP contribution in [0.5, 0.6) is 11.5 Å². The first-order valence-corrected chi connectivity index (χ1v) is 5.90. The van der Waals surface area contributed by atoms with E-state index in [4.69, 9.17) is 9.84 Å². The zero-order valence-electron chi connectivity index (χ0n) is 11.1. The largest absolute Gasteiger partial charge is 0.505 e. The molecule has 0 saturated heterocycles. The van der Waals surface area contributed by atoms with E-state index in [1.165, 1.54) is 7.11 Å². The van der Waals surface area contributed by atoms with Gasteiger partial charge in [-0.2, -0.15) is 9.78 Å². The molecule has 0 bridgehead atoms. The van der Waals surface area contributed by atoms with Crippen LogP contribution in [-0.2, 0) is 4.79 Å². The lowest BCUT2D eigenvalue weighted by molar-refractivity contribution is -0.131. The third-order valence-corrected chi connectivity index (χ3v) is 2.64. The van der Waals surface area contributed by atoms with Gasteiger partial charge in [-0.25, -0.2) is 4.79 Å². The summed E-state index contributed by atoms with van der Waals surface area (Å²) < 4.78 is 6.18. The van der Waals surface area contributed by atoms with E-state index in [2.05, 4.69) is 5.10 Å². The van der Waals surface area contributed by atoms with Crippen LogP contribution in [0.15, 0.2) is 41.2 Å². The Morgan fingerprint density at radius 2 is 2.10 bits per heavy atom. The molecule has 2 N–H and O–H groups in total. The number of carbonyl (C=O) groups is 1. The number of aliphatic carboxylic acids is 1. The lowest BCUT2D eigenvalue weighted by Gasteiger charge is -2.10. The van der Waals surface area contributed by atoms with Gasteiger partial charge < -0.3 is 14.9 Å². The fourth-order valence-corrected chi connectivity index (χ4v) is 1.71. The van der Waals surface area contributed by atoms with E-state index >= 15 is 0 Å². The number of hydrogen-bond donors (Lipinski definition) is 2. The van der Waals surface area contributed by atoms with E-state index in [0.717, 1.165) is 22.9 Å². The predicted octanol–water partition coefficient (Wildman–Crippen LogP) is 1.04. The third-order valence-electron chi connectivity index (χ3n) is 2.64. The fraction of sp³-hybridized carbons (Fsp3) is 0.0714. The standard InChI is InChI=1S/C14H12N2O5/c1-21-12-5-3-2-4-10(12)16-13(18)8-11(17)9(15-16)6-7-14(19)20/h2-8,17H,1H3,(H,19,20)/b7-6+. The zero-order valence-corrected chi connectivity index (χ0v) is 11.1. The zero-order chi connectivity index (χ0) is 15.4. The van der Waals surface area contributed by atoms with Crippen LogP contribution in [-0.4, -0.2) is 33.1 Å². The highest BCUT2D eigenvalue weighted by Gasteiger charge is 2.11. The minimum absolute atomic E-state index is 0.0390. The Hall–Kier alpha value is -3.09. The molecule has 0 fully saturated rings. The Labute approximate surface area is 119 Å². The lowest BCUT2D eigenvalue weighted by Crippen LogP contribution is -2.21. The molecule has 0 aliphatic heterocycles. The van der Waals surface area contributed by atoms with Crippen molar-refractivity contribution in [1.82, 2.24) is 9.78 Å². The number of ether oxygens (including phenoxy) is 1. The van der Waals surface area contributed by atoms with Crippen LogP contribution in [0.4, 0.5) is 0 Å². The van der Waals surface area contributed by atoms with Crippen molar-refractivity contribution in [3.63, 3.8) is 0 Å². The Morgan fingerprint density at radius 1 is 1.38 bits per heavy atom. The first-order valence-electron chi connectivity index (χ1n) is 5.90. The molecule has 0 unspecified atom stereocenters. The van der Waals surface area contributed by atoms with Gasteiger partial charge in [-0.15, -0.1) is 0 Å². The van der Waals surface area contributed by atoms with Crippen molar-refractivity contribution in [2.75, 3.05) is 7.11 Å². The van der Waals surface area contributed by atoms with Gasteiger partial charge in [0.05, 0.1) is 7.11 Å². The second-order valence-electron chi connectivity index (χ2n) is 4.01. The van der Waals surface area contributed by atoms with Crippen LogP contribution in [0, 0.1) is 0 Å². The normalized spacial score (nSPS) is 10.7. The van der Waals surface area contributed by atoms with Gasteiger partial charge in [-0.1, -0.05) is 12.1 Å². The van der Waals surface area contributed by atoms with E-state index in [1.54, 1.807) is 24.3 Å². The van der Waals surface area contributed by atoms with Crippen LogP contribution in [0.1, 0.15) is 5.69 Å². The summed E-state index contributed by atoms with van der Waals surface area (Å²) >= 11 is 0. The molecule has 7 heteroatoms. The Balaban J connectivity index is 2.61. The molecule has 0 radical (unpaired) electrons. The molecule has 0 amide bonds. The van der Waals surface area contributed by atoms with Gasteiger partial charge in [0, 0.05) is 12.1 Å². The molecule has 0 aliphatic carbocycles. The van der Waals surface area contributed by atoms with Crippen molar-refractivity contribution in [1.29, 1.82) is 0 Å². The summed E-state index contributed by atoms with van der Waals surface area (Å²) in [5, 5.41) is 22.2. The van der Waals surface area contributed by atoms with Crippen molar-refractivity contribution >= 4 is 12.0 Å². The molecule has 2 aromatic rings. The maximum absolute atomic E-state index is 11.9. The smallest absolute Gasteiger partial charge is 0.328 e. The monoisotopic (exact) mass is 288 g/mol. The molecule has 1 aromatic heterocycles. The quantitative estimate of drug-likeness (QED) is 0.815. The molecular formula is C14H12N2O5. The molecule has 0 aliphatic rings. The lowest BCUT2D eigenvalue weighted by atomic mass is 10.3. The van der Waals surface area contributed by atoms with Gasteiger partial charge in [-0.3, -0.25) is 4.79 Å². The highest BCUT2D eigenvalue weighted by atomic mass is 16.5. The predicted molar refractivity (Wildman–Crippen MR) is 74.7 cm³/mol. The molecule has 108 valence electrons. The summed E-state index contributed by atoms with van der Waals surface area (Å²) in [6.45, 7) is 0. The molecule has 2 rings (SSSR count). The molecule has 0 atom stereocenters. The van der Waals surface area contributed by atoms with E-state index in [9.17, 15) is 14.7 Å². The van der Waals surface area contributed by atoms with Crippen molar-refractivity contribution in [2.24, 2.45) is 0 Å². The van der Waals surface area contributed by atoms with Crippen molar-refractivity contribution in [2.45, 2.75) is 0 Å². The van der Waals surface area contributed by atoms with E-state index in [0.29, 0.717) is 11.4 Å². The molecular weight excluding hydrogens is 276 g/mol. The maximum atomic E-state index is 11.9. The minimum atomic E-state index is -1.19. The van der Waals surface area contributed by atoms with E-state index < -0.39 is 17.3 Å². The summed E-state index contributed by atoms with van der Waals surface area (Å²) in [4.78, 5) is 22.5. The number of rotatable bonds is 4. The topological polar surface area (TPSA) is 102 Å². The number of aromatic hydroxyl groups is 1. The highest BCUT2D eigenvalue weighted by molar-refractivity contribution is 5.85. The number of carboxylic acid groups (broad SMARTS) is 1. The number of benzene rings is 1. The number of carboxylic acids is 1. The van der Waals surface area contributed by atoms with Gasteiger partial charge in [0.15, 0.2) is 0 Å². The Bertz CT molecular complexity index is 764. The summed E-state index contributed by atoms with van der Waals surface area (Å²) in [6.07, 6.45) is 1.92. The minimum Gasteiger partial charge on any atom is -0.505 e. The second-order valence-corrected chi connectivity index (χ2v) is 4.01. The second kappa shape index (κ2) is 5.91. The van der Waals surface area contributed by atoms with Crippen LogP contribution in [0.3, 0.4) is 0 Å². The van der Waals surface area contributed by atoms with Crippen molar-refractivity contribution < 1.29 is 19.7 Å². The van der Waals surface area contributed by atoms with Gasteiger partial charge in [0.25, 0.3) is 5.56 Å². The highest BCUT2D eigenvalue weighted by Crippen LogP contribution is 2.21. The van der Waals surface area contributed by atoms with Crippen LogP contribution in [0.25, 0.3) is 11.8 Å². The summed E-state index contributed by atoms with van der Waals surface area (Å²) in [7, 11) is 1.45. The molecule has 0 saturated carbocycles. The van der Waals surface area contributed by atoms with Crippen LogP contribution in [0.2, 0.25) is 0 Å². The third kappa shape index (κ3) is 3.08. The number of aromatic nitrogens is 2. The molecule has 7 nitrogen and oxygen atoms in total. The SMILES string of the molecule is COc1ccccc1-n1nc(/C=C/C(=O)O)c(O)cc1=O. The summed E-state index contributed by atoms with van der Waals surface area (Å²) in [6, 6.07) is 7.67. The maximum Gasteiger partial charge on any atom is 0.328 e. The number of hydrogen-bond acceptors (Lipinski definition) is 5. The molecule has 0 spiro atoms. The van der Waals surface area contributed by atoms with E-state index in [-0.39, 0.29) is 5.69 Å². The average Bonchev–Trinajstić information content (AvgIpc) is 2.46. The Kier molecular flexibility index (Phi) is 4.03. The molecule has 1 heterocycles. The Morgan fingerprint density at radius 3 is 2.76 bits per heavy atom. The summed E-state index contributed by atoms with van der Waals surface area (Å²) in [5.41, 5.74) is -0.220. The van der Waals surface area contributed by atoms with Crippen LogP contribution < -0.4 is 10.3 Å². The van der Waals surface area contributed by atoms with Crippen molar-refractivity contribution in [3.8, 4) is 17.2 Å². The van der Waals surface area contributed by atoms with Gasteiger partial charge in [-0.05, 0) is 18.2 Å². The number of para-hydroxylation sites is 2. The number of methoxy groups -OCH3 is 1. The average molecular weight is 288 g/mol. The first kappa shape index (κ1) is 14.3. The van der Waals surface area contributed by atoms with Crippen LogP contribution >= 0.6 is 0 Å². The molecule has 1 aromatic carbocycles. The molecule has 21 heavy (non-hydrogen) atoms. The van der Waals surface area contributed by atoms with E-state index in [1.807, 2.05) is 0 Å². The van der Waals surface area contributed by atoms with Gasteiger partial charge >= 0.3 is 5.97 Å². The fourth-order valence-electron chi connectivity index (χ4n) is 1.71. The first-order chi connectivity index (χ1) is 10.0. The van der Waals surface area contributed by atoms with Gasteiger partial charge in [0.1, 0.15) is 22.9 Å².